The van der Waals surface area contributed by atoms with Gasteiger partial charge in [-0.25, -0.2) is 18.8 Å². The Kier molecular flexibility index (Phi) is 5.23. The third kappa shape index (κ3) is 3.65. The van der Waals surface area contributed by atoms with Crippen molar-refractivity contribution in [2.45, 2.75) is 16.7 Å². The molecule has 0 bridgehead atoms. The van der Waals surface area contributed by atoms with E-state index in [1.54, 1.807) is 18.2 Å². The van der Waals surface area contributed by atoms with Gasteiger partial charge in [-0.05, 0) is 42.7 Å². The highest BCUT2D eigenvalue weighted by Crippen LogP contribution is 2.66. The first-order valence-corrected chi connectivity index (χ1v) is 10.1. The standard InChI is InChI=1S/C23H15F2N5S/c24-14-23(20-11-22(20,8-1-9-26)31-21(28)30-23)18-10-15(4-7-19(18)25)2-5-17-6-3-16(12-27)13-29-17/h1,3-4,6-8,10,13,20H,11,14H2,(H2,28,30)/b8-1+/t20-,22+,23-/m1/s1. The van der Waals surface area contributed by atoms with Crippen molar-refractivity contribution in [1.29, 1.82) is 10.5 Å². The number of amidine groups is 1. The van der Waals surface area contributed by atoms with Gasteiger partial charge in [-0.15, -0.1) is 0 Å². The van der Waals surface area contributed by atoms with Crippen LogP contribution in [0.3, 0.4) is 0 Å². The second-order valence-corrected chi connectivity index (χ2v) is 8.66. The number of aliphatic imine (C=N–C) groups is 1. The first-order chi connectivity index (χ1) is 15.0. The van der Waals surface area contributed by atoms with E-state index in [2.05, 4.69) is 21.8 Å². The third-order valence-electron chi connectivity index (χ3n) is 5.44. The van der Waals surface area contributed by atoms with Gasteiger partial charge < -0.3 is 5.73 Å². The van der Waals surface area contributed by atoms with Gasteiger partial charge in [0.05, 0.1) is 11.6 Å². The van der Waals surface area contributed by atoms with Crippen LogP contribution in [0.1, 0.15) is 28.8 Å². The van der Waals surface area contributed by atoms with E-state index in [1.807, 2.05) is 12.1 Å². The number of benzene rings is 1. The SMILES string of the molecule is N#C/C=C/[C@]12C[C@H]1[C@@](CF)(c1cc(C#Cc3ccc(C#N)cn3)ccc1F)N=C(N)S2. The zero-order valence-corrected chi connectivity index (χ0v) is 17.0. The molecule has 2 heterocycles. The van der Waals surface area contributed by atoms with E-state index in [0.29, 0.717) is 23.2 Å². The van der Waals surface area contributed by atoms with Gasteiger partial charge in [0, 0.05) is 34.1 Å². The molecule has 0 spiro atoms. The van der Waals surface area contributed by atoms with Crippen molar-refractivity contribution < 1.29 is 8.78 Å². The number of hydrogen-bond donors (Lipinski definition) is 1. The summed E-state index contributed by atoms with van der Waals surface area (Å²) in [5, 5.41) is 17.9. The number of nitrogens with zero attached hydrogens (tertiary/aromatic N) is 4. The summed E-state index contributed by atoms with van der Waals surface area (Å²) in [7, 11) is 0. The van der Waals surface area contributed by atoms with E-state index in [9.17, 15) is 8.78 Å². The van der Waals surface area contributed by atoms with Crippen LogP contribution in [-0.2, 0) is 5.54 Å². The minimum Gasteiger partial charge on any atom is -0.378 e. The number of aromatic nitrogens is 1. The first kappa shape index (κ1) is 20.6. The van der Waals surface area contributed by atoms with Crippen molar-refractivity contribution in [3.05, 3.63) is 76.9 Å². The molecule has 152 valence electrons. The highest BCUT2D eigenvalue weighted by molar-refractivity contribution is 8.15. The fourth-order valence-electron chi connectivity index (χ4n) is 3.88. The Morgan fingerprint density at radius 2 is 2.03 bits per heavy atom. The largest absolute Gasteiger partial charge is 0.378 e. The molecule has 31 heavy (non-hydrogen) atoms. The number of thioether (sulfide) groups is 1. The molecular formula is C23H15F2N5S. The quantitative estimate of drug-likeness (QED) is 0.592. The summed E-state index contributed by atoms with van der Waals surface area (Å²) in [6, 6.07) is 11.4. The summed E-state index contributed by atoms with van der Waals surface area (Å²) in [5.74, 6) is 4.84. The van der Waals surface area contributed by atoms with Gasteiger partial charge in [-0.3, -0.25) is 0 Å². The van der Waals surface area contributed by atoms with Crippen molar-refractivity contribution >= 4 is 16.9 Å². The summed E-state index contributed by atoms with van der Waals surface area (Å²) < 4.78 is 28.8. The predicted molar refractivity (Wildman–Crippen MR) is 114 cm³/mol. The second-order valence-electron chi connectivity index (χ2n) is 7.27. The zero-order valence-electron chi connectivity index (χ0n) is 16.1. The number of nitriles is 2. The number of nitrogens with two attached hydrogens (primary N) is 1. The van der Waals surface area contributed by atoms with Crippen molar-refractivity contribution in [2.75, 3.05) is 6.67 Å². The Labute approximate surface area is 182 Å². The van der Waals surface area contributed by atoms with E-state index >= 15 is 0 Å². The van der Waals surface area contributed by atoms with Crippen LogP contribution in [0.2, 0.25) is 0 Å². The topological polar surface area (TPSA) is 98.8 Å². The highest BCUT2D eigenvalue weighted by atomic mass is 32.2. The van der Waals surface area contributed by atoms with Gasteiger partial charge >= 0.3 is 0 Å². The van der Waals surface area contributed by atoms with Gasteiger partial charge in [0.2, 0.25) is 0 Å². The molecule has 0 saturated heterocycles. The Hall–Kier alpha value is -3.67. The predicted octanol–water partition coefficient (Wildman–Crippen LogP) is 3.56. The van der Waals surface area contributed by atoms with E-state index < -0.39 is 22.8 Å². The summed E-state index contributed by atoms with van der Waals surface area (Å²) >= 11 is 1.28. The van der Waals surface area contributed by atoms with Gasteiger partial charge in [0.1, 0.15) is 29.8 Å². The minimum absolute atomic E-state index is 0.0927. The van der Waals surface area contributed by atoms with Crippen molar-refractivity contribution in [2.24, 2.45) is 16.6 Å². The maximum absolute atomic E-state index is 14.9. The zero-order chi connectivity index (χ0) is 22.1. The van der Waals surface area contributed by atoms with Gasteiger partial charge in [0.25, 0.3) is 0 Å². The van der Waals surface area contributed by atoms with Crippen LogP contribution in [0.25, 0.3) is 0 Å². The molecule has 1 fully saturated rings. The van der Waals surface area contributed by atoms with Crippen molar-refractivity contribution in [3.8, 4) is 24.0 Å². The fraction of sp³-hybridized carbons (Fsp3) is 0.217. The molecule has 2 aliphatic rings. The monoisotopic (exact) mass is 431 g/mol. The van der Waals surface area contributed by atoms with E-state index in [0.717, 1.165) is 0 Å². The lowest BCUT2D eigenvalue weighted by Gasteiger charge is -2.34. The van der Waals surface area contributed by atoms with Crippen LogP contribution >= 0.6 is 11.8 Å². The molecule has 1 aliphatic carbocycles. The number of fused-ring (bicyclic) bond motifs is 1. The third-order valence-corrected chi connectivity index (χ3v) is 6.71. The lowest BCUT2D eigenvalue weighted by Crippen LogP contribution is -2.39. The number of alkyl halides is 1. The second kappa shape index (κ2) is 7.87. The number of pyridine rings is 1. The first-order valence-electron chi connectivity index (χ1n) is 9.32. The lowest BCUT2D eigenvalue weighted by atomic mass is 9.84. The highest BCUT2D eigenvalue weighted by Gasteiger charge is 2.67. The molecule has 1 saturated carbocycles. The van der Waals surface area contributed by atoms with E-state index in [1.165, 1.54) is 42.2 Å². The molecule has 8 heteroatoms. The van der Waals surface area contributed by atoms with Crippen molar-refractivity contribution in [3.63, 3.8) is 0 Å². The molecule has 4 rings (SSSR count). The normalized spacial score (nSPS) is 26.1. The average molecular weight is 431 g/mol. The molecular weight excluding hydrogens is 416 g/mol. The number of hydrogen-bond acceptors (Lipinski definition) is 6. The molecule has 5 nitrogen and oxygen atoms in total. The van der Waals surface area contributed by atoms with Crippen LogP contribution in [0.5, 0.6) is 0 Å². The summed E-state index contributed by atoms with van der Waals surface area (Å²) in [6.45, 7) is -0.925. The molecule has 2 aromatic rings. The Balaban J connectivity index is 1.73. The van der Waals surface area contributed by atoms with Crippen LogP contribution in [0, 0.1) is 46.2 Å². The molecule has 0 unspecified atom stereocenters. The minimum atomic E-state index is -1.47. The van der Waals surface area contributed by atoms with Crippen molar-refractivity contribution in [1.82, 2.24) is 4.98 Å². The maximum Gasteiger partial charge on any atom is 0.155 e. The average Bonchev–Trinajstić information content (AvgIpc) is 3.51. The molecule has 1 aliphatic heterocycles. The number of allylic oxidation sites excluding steroid dienone is 1. The molecule has 1 aromatic heterocycles. The smallest absolute Gasteiger partial charge is 0.155 e. The Bertz CT molecular complexity index is 1250. The summed E-state index contributed by atoms with van der Waals surface area (Å²) in [6.07, 6.45) is 5.00. The molecule has 3 atom stereocenters. The van der Waals surface area contributed by atoms with Gasteiger partial charge in [-0.2, -0.15) is 10.5 Å². The van der Waals surface area contributed by atoms with Crippen LogP contribution < -0.4 is 5.73 Å². The van der Waals surface area contributed by atoms with E-state index in [4.69, 9.17) is 16.3 Å². The van der Waals surface area contributed by atoms with Gasteiger partial charge in [0.15, 0.2) is 5.17 Å². The lowest BCUT2D eigenvalue weighted by molar-refractivity contribution is 0.267. The van der Waals surface area contributed by atoms with Crippen LogP contribution in [0.15, 0.2) is 53.7 Å². The molecule has 1 aromatic carbocycles. The van der Waals surface area contributed by atoms with Crippen LogP contribution in [0.4, 0.5) is 8.78 Å². The van der Waals surface area contributed by atoms with Gasteiger partial charge in [-0.1, -0.05) is 23.8 Å². The maximum atomic E-state index is 14.9. The number of halogens is 2. The Morgan fingerprint density at radius 1 is 1.23 bits per heavy atom. The number of rotatable bonds is 3. The summed E-state index contributed by atoms with van der Waals surface area (Å²) in [4.78, 5) is 8.44. The fourth-order valence-corrected chi connectivity index (χ4v) is 5.20. The molecule has 0 radical (unpaired) electrons. The molecule has 0 amide bonds. The van der Waals surface area contributed by atoms with Crippen LogP contribution in [-0.4, -0.2) is 21.6 Å². The van der Waals surface area contributed by atoms with E-state index in [-0.39, 0.29) is 16.6 Å². The Morgan fingerprint density at radius 3 is 2.71 bits per heavy atom. The molecule has 2 N–H and O–H groups in total. The summed E-state index contributed by atoms with van der Waals surface area (Å²) in [5.41, 5.74) is 5.96.